The first kappa shape index (κ1) is 21.2. The minimum Gasteiger partial charge on any atom is -0.494 e. The van der Waals surface area contributed by atoms with Gasteiger partial charge in [0.15, 0.2) is 0 Å². The lowest BCUT2D eigenvalue weighted by atomic mass is 10.0. The van der Waals surface area contributed by atoms with E-state index in [1.54, 1.807) is 24.3 Å². The minimum absolute atomic E-state index is 0.0958. The zero-order valence-electron chi connectivity index (χ0n) is 17.1. The van der Waals surface area contributed by atoms with E-state index >= 15 is 0 Å². The molecule has 5 heteroatoms. The molecule has 0 saturated carbocycles. The SMILES string of the molecule is COc1cc(NC(=O)/C=C/c2ccc(C(C)C)cc2)ccc1NC(=O)C(C)C. The summed E-state index contributed by atoms with van der Waals surface area (Å²) in [5.41, 5.74) is 3.38. The molecule has 2 N–H and O–H groups in total. The van der Waals surface area contributed by atoms with E-state index in [1.165, 1.54) is 18.7 Å². The van der Waals surface area contributed by atoms with Gasteiger partial charge >= 0.3 is 0 Å². The number of rotatable bonds is 7. The average Bonchev–Trinajstić information content (AvgIpc) is 2.67. The largest absolute Gasteiger partial charge is 0.494 e. The van der Waals surface area contributed by atoms with E-state index in [1.807, 2.05) is 26.0 Å². The maximum Gasteiger partial charge on any atom is 0.248 e. The second-order valence-corrected chi connectivity index (χ2v) is 7.20. The lowest BCUT2D eigenvalue weighted by molar-refractivity contribution is -0.119. The van der Waals surface area contributed by atoms with Crippen molar-refractivity contribution in [3.05, 3.63) is 59.7 Å². The molecule has 2 aromatic carbocycles. The van der Waals surface area contributed by atoms with Crippen molar-refractivity contribution in [3.8, 4) is 5.75 Å². The van der Waals surface area contributed by atoms with Gasteiger partial charge in [0.1, 0.15) is 5.75 Å². The summed E-state index contributed by atoms with van der Waals surface area (Å²) in [5, 5.41) is 5.61. The molecular weight excluding hydrogens is 352 g/mol. The molecule has 5 nitrogen and oxygen atoms in total. The van der Waals surface area contributed by atoms with Crippen molar-refractivity contribution in [2.45, 2.75) is 33.6 Å². The maximum atomic E-state index is 12.2. The second kappa shape index (κ2) is 9.74. The summed E-state index contributed by atoms with van der Waals surface area (Å²) in [6, 6.07) is 13.2. The molecule has 2 rings (SSSR count). The summed E-state index contributed by atoms with van der Waals surface area (Å²) in [4.78, 5) is 24.1. The first-order chi connectivity index (χ1) is 13.3. The Balaban J connectivity index is 2.03. The highest BCUT2D eigenvalue weighted by molar-refractivity contribution is 6.02. The fourth-order valence-electron chi connectivity index (χ4n) is 2.50. The summed E-state index contributed by atoms with van der Waals surface area (Å²) in [6.45, 7) is 7.93. The number of amides is 2. The van der Waals surface area contributed by atoms with Gasteiger partial charge in [-0.3, -0.25) is 9.59 Å². The van der Waals surface area contributed by atoms with Crippen molar-refractivity contribution in [3.63, 3.8) is 0 Å². The van der Waals surface area contributed by atoms with E-state index in [4.69, 9.17) is 4.74 Å². The van der Waals surface area contributed by atoms with Crippen molar-refractivity contribution >= 4 is 29.3 Å². The van der Waals surface area contributed by atoms with Crippen molar-refractivity contribution in [1.82, 2.24) is 0 Å². The van der Waals surface area contributed by atoms with Crippen LogP contribution in [0.2, 0.25) is 0 Å². The maximum absolute atomic E-state index is 12.2. The number of methoxy groups -OCH3 is 1. The molecule has 0 fully saturated rings. The fraction of sp³-hybridized carbons (Fsp3) is 0.304. The number of hydrogen-bond donors (Lipinski definition) is 2. The van der Waals surface area contributed by atoms with Crippen LogP contribution in [0.5, 0.6) is 5.75 Å². The Morgan fingerprint density at radius 1 is 0.964 bits per heavy atom. The number of benzene rings is 2. The summed E-state index contributed by atoms with van der Waals surface area (Å²) in [6.07, 6.45) is 3.26. The summed E-state index contributed by atoms with van der Waals surface area (Å²) in [5.74, 6) is 0.490. The van der Waals surface area contributed by atoms with Crippen LogP contribution >= 0.6 is 0 Å². The molecule has 0 aliphatic rings. The van der Waals surface area contributed by atoms with Crippen LogP contribution in [0, 0.1) is 5.92 Å². The van der Waals surface area contributed by atoms with Gasteiger partial charge in [-0.2, -0.15) is 0 Å². The second-order valence-electron chi connectivity index (χ2n) is 7.20. The molecule has 0 saturated heterocycles. The van der Waals surface area contributed by atoms with Gasteiger partial charge in [0.05, 0.1) is 12.8 Å². The third-order valence-corrected chi connectivity index (χ3v) is 4.28. The summed E-state index contributed by atoms with van der Waals surface area (Å²) < 4.78 is 5.32. The number of nitrogens with one attached hydrogen (secondary N) is 2. The molecule has 0 atom stereocenters. The molecule has 0 spiro atoms. The lowest BCUT2D eigenvalue weighted by Crippen LogP contribution is -2.18. The predicted octanol–water partition coefficient (Wildman–Crippen LogP) is 5.07. The quantitative estimate of drug-likeness (QED) is 0.659. The Morgan fingerprint density at radius 2 is 1.64 bits per heavy atom. The Morgan fingerprint density at radius 3 is 2.21 bits per heavy atom. The van der Waals surface area contributed by atoms with Crippen LogP contribution < -0.4 is 15.4 Å². The smallest absolute Gasteiger partial charge is 0.248 e. The Hall–Kier alpha value is -3.08. The standard InChI is InChI=1S/C23H28N2O3/c1-15(2)18-9-6-17(7-10-18)8-13-22(26)24-19-11-12-20(21(14-19)28-5)25-23(27)16(3)4/h6-16H,1-5H3,(H,24,26)(H,25,27)/b13-8+. The predicted molar refractivity (Wildman–Crippen MR) is 115 cm³/mol. The van der Waals surface area contributed by atoms with Crippen molar-refractivity contribution < 1.29 is 14.3 Å². The topological polar surface area (TPSA) is 67.4 Å². The average molecular weight is 380 g/mol. The van der Waals surface area contributed by atoms with Crippen LogP contribution in [-0.2, 0) is 9.59 Å². The van der Waals surface area contributed by atoms with E-state index in [0.717, 1.165) is 5.56 Å². The normalized spacial score (nSPS) is 11.1. The Kier molecular flexibility index (Phi) is 7.38. The zero-order valence-corrected chi connectivity index (χ0v) is 17.1. The highest BCUT2D eigenvalue weighted by atomic mass is 16.5. The molecule has 148 valence electrons. The van der Waals surface area contributed by atoms with Crippen LogP contribution in [0.15, 0.2) is 48.5 Å². The van der Waals surface area contributed by atoms with Gasteiger partial charge in [-0.15, -0.1) is 0 Å². The monoisotopic (exact) mass is 380 g/mol. The molecule has 2 amide bonds. The van der Waals surface area contributed by atoms with Crippen molar-refractivity contribution in [2.75, 3.05) is 17.7 Å². The van der Waals surface area contributed by atoms with Gasteiger partial charge in [-0.05, 0) is 35.3 Å². The Bertz CT molecular complexity index is 853. The third-order valence-electron chi connectivity index (χ3n) is 4.28. The van der Waals surface area contributed by atoms with E-state index in [2.05, 4.69) is 36.6 Å². The molecule has 28 heavy (non-hydrogen) atoms. The van der Waals surface area contributed by atoms with E-state index < -0.39 is 0 Å². The summed E-state index contributed by atoms with van der Waals surface area (Å²) in [7, 11) is 1.52. The van der Waals surface area contributed by atoms with Crippen LogP contribution in [0.4, 0.5) is 11.4 Å². The van der Waals surface area contributed by atoms with E-state index in [0.29, 0.717) is 23.0 Å². The number of carbonyl (C=O) groups is 2. The van der Waals surface area contributed by atoms with Crippen molar-refractivity contribution in [2.24, 2.45) is 5.92 Å². The first-order valence-corrected chi connectivity index (χ1v) is 9.38. The van der Waals surface area contributed by atoms with Gasteiger partial charge < -0.3 is 15.4 Å². The summed E-state index contributed by atoms with van der Waals surface area (Å²) >= 11 is 0. The fourth-order valence-corrected chi connectivity index (χ4v) is 2.50. The van der Waals surface area contributed by atoms with Crippen LogP contribution in [0.25, 0.3) is 6.08 Å². The zero-order chi connectivity index (χ0) is 20.7. The number of ether oxygens (including phenoxy) is 1. The minimum atomic E-state index is -0.242. The van der Waals surface area contributed by atoms with Crippen LogP contribution in [-0.4, -0.2) is 18.9 Å². The van der Waals surface area contributed by atoms with Gasteiger partial charge in [-0.25, -0.2) is 0 Å². The molecule has 0 aliphatic carbocycles. The first-order valence-electron chi connectivity index (χ1n) is 9.38. The van der Waals surface area contributed by atoms with Gasteiger partial charge in [0.25, 0.3) is 0 Å². The van der Waals surface area contributed by atoms with E-state index in [-0.39, 0.29) is 17.7 Å². The van der Waals surface area contributed by atoms with E-state index in [9.17, 15) is 9.59 Å². The highest BCUT2D eigenvalue weighted by Crippen LogP contribution is 2.28. The van der Waals surface area contributed by atoms with Gasteiger partial charge in [-0.1, -0.05) is 52.0 Å². The molecule has 0 bridgehead atoms. The lowest BCUT2D eigenvalue weighted by Gasteiger charge is -2.13. The van der Waals surface area contributed by atoms with Gasteiger partial charge in [0.2, 0.25) is 11.8 Å². The number of anilines is 2. The molecule has 0 unspecified atom stereocenters. The number of hydrogen-bond acceptors (Lipinski definition) is 3. The van der Waals surface area contributed by atoms with Crippen LogP contribution in [0.3, 0.4) is 0 Å². The van der Waals surface area contributed by atoms with Crippen LogP contribution in [0.1, 0.15) is 44.7 Å². The number of carbonyl (C=O) groups excluding carboxylic acids is 2. The van der Waals surface area contributed by atoms with Crippen molar-refractivity contribution in [1.29, 1.82) is 0 Å². The highest BCUT2D eigenvalue weighted by Gasteiger charge is 2.11. The molecule has 0 heterocycles. The third kappa shape index (κ3) is 5.98. The van der Waals surface area contributed by atoms with Gasteiger partial charge in [0, 0.05) is 23.7 Å². The molecule has 0 aliphatic heterocycles. The Labute approximate surface area is 166 Å². The molecule has 0 aromatic heterocycles. The molecule has 2 aromatic rings. The molecule has 0 radical (unpaired) electrons. The molecular formula is C23H28N2O3.